The maximum absolute atomic E-state index is 12.4. The third-order valence-electron chi connectivity index (χ3n) is 4.02. The Balaban J connectivity index is 2.29. The highest BCUT2D eigenvalue weighted by molar-refractivity contribution is 6.01. The van der Waals surface area contributed by atoms with Gasteiger partial charge < -0.3 is 10.4 Å². The Morgan fingerprint density at radius 3 is 2.60 bits per heavy atom. The highest BCUT2D eigenvalue weighted by atomic mass is 16.4. The monoisotopic (exact) mass is 339 g/mol. The van der Waals surface area contributed by atoms with Gasteiger partial charge in [-0.2, -0.15) is 0 Å². The van der Waals surface area contributed by atoms with Crippen LogP contribution in [0.4, 0.5) is 5.69 Å². The number of nitrogens with one attached hydrogen (secondary N) is 1. The van der Waals surface area contributed by atoms with Gasteiger partial charge in [-0.05, 0) is 30.0 Å². The second kappa shape index (κ2) is 6.01. The Hall–Kier alpha value is -3.22. The standard InChI is InChI=1S/C18H17N3O4/c1-9(2)16(22)20-11-4-5-12-10(3)8-21-15(13(12)6-11)19-7-14(17(21)23)18(24)25/h4-9H,1-3H3,(H,20,22)(H,24,25). The quantitative estimate of drug-likeness (QED) is 0.714. The number of aromatic carboxylic acids is 1. The number of aryl methyl sites for hydroxylation is 1. The molecule has 2 aromatic heterocycles. The summed E-state index contributed by atoms with van der Waals surface area (Å²) in [4.78, 5) is 39.6. The minimum Gasteiger partial charge on any atom is -0.477 e. The normalized spacial score (nSPS) is 11.2. The van der Waals surface area contributed by atoms with Gasteiger partial charge in [-0.3, -0.25) is 14.0 Å². The van der Waals surface area contributed by atoms with Crippen LogP contribution >= 0.6 is 0 Å². The third kappa shape index (κ3) is 2.84. The van der Waals surface area contributed by atoms with Crippen LogP contribution in [-0.4, -0.2) is 26.4 Å². The van der Waals surface area contributed by atoms with E-state index in [1.807, 2.05) is 13.0 Å². The first-order chi connectivity index (χ1) is 11.8. The van der Waals surface area contributed by atoms with E-state index in [0.717, 1.165) is 17.1 Å². The lowest BCUT2D eigenvalue weighted by molar-refractivity contribution is -0.118. The highest BCUT2D eigenvalue weighted by Gasteiger charge is 2.15. The van der Waals surface area contributed by atoms with Crippen LogP contribution in [0.3, 0.4) is 0 Å². The van der Waals surface area contributed by atoms with Gasteiger partial charge in [-0.15, -0.1) is 0 Å². The van der Waals surface area contributed by atoms with Crippen molar-refractivity contribution < 1.29 is 14.7 Å². The second-order valence-corrected chi connectivity index (χ2v) is 6.19. The molecule has 0 saturated carbocycles. The smallest absolute Gasteiger partial charge is 0.342 e. The van der Waals surface area contributed by atoms with E-state index in [1.165, 1.54) is 4.40 Å². The number of hydrogen-bond acceptors (Lipinski definition) is 4. The van der Waals surface area contributed by atoms with Crippen molar-refractivity contribution in [2.75, 3.05) is 5.32 Å². The summed E-state index contributed by atoms with van der Waals surface area (Å²) in [6.07, 6.45) is 2.64. The van der Waals surface area contributed by atoms with Gasteiger partial charge in [0.1, 0.15) is 11.2 Å². The number of fused-ring (bicyclic) bond motifs is 3. The van der Waals surface area contributed by atoms with Crippen LogP contribution in [-0.2, 0) is 4.79 Å². The number of amides is 1. The average molecular weight is 339 g/mol. The van der Waals surface area contributed by atoms with Crippen LogP contribution in [0, 0.1) is 12.8 Å². The number of aromatic nitrogens is 2. The predicted molar refractivity (Wildman–Crippen MR) is 94.1 cm³/mol. The summed E-state index contributed by atoms with van der Waals surface area (Å²) in [5, 5.41) is 13.5. The minimum absolute atomic E-state index is 0.116. The lowest BCUT2D eigenvalue weighted by Gasteiger charge is -2.12. The molecular weight excluding hydrogens is 322 g/mol. The summed E-state index contributed by atoms with van der Waals surface area (Å²) >= 11 is 0. The first kappa shape index (κ1) is 16.6. The van der Waals surface area contributed by atoms with Gasteiger partial charge in [0.05, 0.1) is 0 Å². The van der Waals surface area contributed by atoms with Gasteiger partial charge >= 0.3 is 5.97 Å². The van der Waals surface area contributed by atoms with Gasteiger partial charge in [0.2, 0.25) is 5.91 Å². The number of hydrogen-bond donors (Lipinski definition) is 2. The van der Waals surface area contributed by atoms with Crippen LogP contribution in [0.25, 0.3) is 16.4 Å². The first-order valence-corrected chi connectivity index (χ1v) is 7.78. The summed E-state index contributed by atoms with van der Waals surface area (Å²) < 4.78 is 1.23. The Kier molecular flexibility index (Phi) is 4.00. The van der Waals surface area contributed by atoms with Crippen LogP contribution in [0.15, 0.2) is 35.4 Å². The number of carboxylic acid groups (broad SMARTS) is 1. The van der Waals surface area contributed by atoms with Crippen molar-refractivity contribution in [3.63, 3.8) is 0 Å². The average Bonchev–Trinajstić information content (AvgIpc) is 2.55. The number of carbonyl (C=O) groups is 2. The molecule has 2 heterocycles. The summed E-state index contributed by atoms with van der Waals surface area (Å²) in [5.74, 6) is -1.60. The fourth-order valence-corrected chi connectivity index (χ4v) is 2.64. The molecule has 25 heavy (non-hydrogen) atoms. The summed E-state index contributed by atoms with van der Waals surface area (Å²) in [6, 6.07) is 5.37. The van der Waals surface area contributed by atoms with Crippen molar-refractivity contribution in [2.45, 2.75) is 20.8 Å². The number of carboxylic acids is 1. The molecule has 0 radical (unpaired) electrons. The second-order valence-electron chi connectivity index (χ2n) is 6.19. The van der Waals surface area contributed by atoms with Gasteiger partial charge in [0.15, 0.2) is 0 Å². The van der Waals surface area contributed by atoms with Crippen LogP contribution in [0.5, 0.6) is 0 Å². The highest BCUT2D eigenvalue weighted by Crippen LogP contribution is 2.25. The molecule has 0 fully saturated rings. The molecule has 3 aromatic rings. The topological polar surface area (TPSA) is 101 Å². The van der Waals surface area contributed by atoms with Crippen molar-refractivity contribution in [3.05, 3.63) is 52.1 Å². The molecule has 2 N–H and O–H groups in total. The van der Waals surface area contributed by atoms with E-state index >= 15 is 0 Å². The van der Waals surface area contributed by atoms with Gasteiger partial charge in [0.25, 0.3) is 5.56 Å². The zero-order chi connectivity index (χ0) is 18.3. The molecule has 0 bridgehead atoms. The molecule has 128 valence electrons. The number of carbonyl (C=O) groups excluding carboxylic acids is 1. The number of nitrogens with zero attached hydrogens (tertiary/aromatic N) is 2. The van der Waals surface area contributed by atoms with Crippen molar-refractivity contribution >= 4 is 34.0 Å². The van der Waals surface area contributed by atoms with Crippen LogP contribution < -0.4 is 10.9 Å². The zero-order valence-electron chi connectivity index (χ0n) is 14.0. The Labute approximate surface area is 142 Å². The molecule has 7 nitrogen and oxygen atoms in total. The number of pyridine rings is 1. The number of rotatable bonds is 3. The summed E-state index contributed by atoms with van der Waals surface area (Å²) in [7, 11) is 0. The minimum atomic E-state index is -1.32. The Morgan fingerprint density at radius 2 is 1.96 bits per heavy atom. The molecule has 1 amide bonds. The van der Waals surface area contributed by atoms with E-state index in [0.29, 0.717) is 16.7 Å². The van der Waals surface area contributed by atoms with E-state index in [4.69, 9.17) is 5.11 Å². The fourth-order valence-electron chi connectivity index (χ4n) is 2.64. The lowest BCUT2D eigenvalue weighted by Crippen LogP contribution is -2.23. The summed E-state index contributed by atoms with van der Waals surface area (Å²) in [6.45, 7) is 5.42. The zero-order valence-corrected chi connectivity index (χ0v) is 14.0. The maximum Gasteiger partial charge on any atom is 0.342 e. The van der Waals surface area contributed by atoms with Gasteiger partial charge in [-0.1, -0.05) is 19.9 Å². The van der Waals surface area contributed by atoms with Crippen LogP contribution in [0.2, 0.25) is 0 Å². The molecule has 3 rings (SSSR count). The molecule has 0 saturated heterocycles. The maximum atomic E-state index is 12.4. The molecule has 0 aliphatic rings. The van der Waals surface area contributed by atoms with Crippen molar-refractivity contribution in [2.24, 2.45) is 5.92 Å². The predicted octanol–water partition coefficient (Wildman–Crippen LogP) is 2.45. The molecule has 1 aromatic carbocycles. The molecule has 0 spiro atoms. The molecule has 0 aliphatic carbocycles. The Bertz CT molecular complexity index is 1080. The molecule has 7 heteroatoms. The van der Waals surface area contributed by atoms with Crippen molar-refractivity contribution in [1.29, 1.82) is 0 Å². The van der Waals surface area contributed by atoms with E-state index in [1.54, 1.807) is 32.2 Å². The molecule has 0 aliphatic heterocycles. The van der Waals surface area contributed by atoms with Crippen molar-refractivity contribution in [3.8, 4) is 0 Å². The van der Waals surface area contributed by atoms with E-state index in [9.17, 15) is 14.4 Å². The third-order valence-corrected chi connectivity index (χ3v) is 4.02. The van der Waals surface area contributed by atoms with Crippen LogP contribution in [0.1, 0.15) is 29.8 Å². The number of anilines is 1. The Morgan fingerprint density at radius 1 is 1.24 bits per heavy atom. The molecule has 0 unspecified atom stereocenters. The largest absolute Gasteiger partial charge is 0.477 e. The van der Waals surface area contributed by atoms with E-state index in [-0.39, 0.29) is 17.4 Å². The fraction of sp³-hybridized carbons (Fsp3) is 0.222. The van der Waals surface area contributed by atoms with Gasteiger partial charge in [0, 0.05) is 29.4 Å². The first-order valence-electron chi connectivity index (χ1n) is 7.78. The number of benzene rings is 1. The molecule has 0 atom stereocenters. The van der Waals surface area contributed by atoms with Gasteiger partial charge in [-0.25, -0.2) is 9.78 Å². The van der Waals surface area contributed by atoms with E-state index < -0.39 is 11.5 Å². The lowest BCUT2D eigenvalue weighted by atomic mass is 10.1. The van der Waals surface area contributed by atoms with E-state index in [2.05, 4.69) is 10.3 Å². The SMILES string of the molecule is Cc1cn2c(=O)c(C(=O)O)cnc2c2cc(NC(=O)C(C)C)ccc12. The van der Waals surface area contributed by atoms with Crippen molar-refractivity contribution in [1.82, 2.24) is 9.38 Å². The summed E-state index contributed by atoms with van der Waals surface area (Å²) in [5.41, 5.74) is 0.710. The molecular formula is C18H17N3O4.